The third-order valence-corrected chi connectivity index (χ3v) is 6.02. The van der Waals surface area contributed by atoms with Crippen molar-refractivity contribution in [1.29, 1.82) is 0 Å². The Kier molecular flexibility index (Phi) is 6.22. The van der Waals surface area contributed by atoms with E-state index in [1.54, 1.807) is 41.3 Å². The highest BCUT2D eigenvalue weighted by molar-refractivity contribution is 6.07. The predicted molar refractivity (Wildman–Crippen MR) is 127 cm³/mol. The van der Waals surface area contributed by atoms with Gasteiger partial charge in [-0.05, 0) is 49.2 Å². The van der Waals surface area contributed by atoms with E-state index in [0.717, 1.165) is 11.3 Å². The molecule has 0 aliphatic carbocycles. The van der Waals surface area contributed by atoms with Crippen LogP contribution in [-0.4, -0.2) is 22.8 Å². The zero-order chi connectivity index (χ0) is 23.5. The molecule has 0 spiro atoms. The number of carbonyl (C=O) groups is 2. The second-order valence-corrected chi connectivity index (χ2v) is 8.09. The van der Waals surface area contributed by atoms with Gasteiger partial charge in [0.1, 0.15) is 0 Å². The quantitative estimate of drug-likeness (QED) is 0.384. The van der Waals surface area contributed by atoms with E-state index >= 15 is 0 Å². The first kappa shape index (κ1) is 22.2. The van der Waals surface area contributed by atoms with Crippen molar-refractivity contribution < 1.29 is 14.5 Å². The Balaban J connectivity index is 1.85. The number of nitro groups is 1. The lowest BCUT2D eigenvalue weighted by Crippen LogP contribution is -2.47. The van der Waals surface area contributed by atoms with Crippen molar-refractivity contribution in [3.63, 3.8) is 0 Å². The third-order valence-electron chi connectivity index (χ3n) is 6.02. The van der Waals surface area contributed by atoms with Gasteiger partial charge in [0, 0.05) is 41.5 Å². The zero-order valence-electron chi connectivity index (χ0n) is 18.5. The topological polar surface area (TPSA) is 83.8 Å². The number of rotatable bonds is 5. The van der Waals surface area contributed by atoms with Crippen molar-refractivity contribution in [2.45, 2.75) is 38.8 Å². The van der Waals surface area contributed by atoms with Crippen LogP contribution in [0.15, 0.2) is 78.9 Å². The first-order valence-corrected chi connectivity index (χ1v) is 11.0. The summed E-state index contributed by atoms with van der Waals surface area (Å²) in [7, 11) is 0. The molecule has 2 atom stereocenters. The molecule has 7 heteroatoms. The van der Waals surface area contributed by atoms with Gasteiger partial charge in [0.15, 0.2) is 0 Å². The van der Waals surface area contributed by atoms with E-state index in [0.29, 0.717) is 24.1 Å². The van der Waals surface area contributed by atoms with Gasteiger partial charge in [-0.2, -0.15) is 0 Å². The number of nitro benzene ring substituents is 1. The molecule has 2 amide bonds. The number of carbonyl (C=O) groups excluding carboxylic acids is 2. The average Bonchev–Trinajstić information content (AvgIpc) is 2.84. The van der Waals surface area contributed by atoms with Crippen molar-refractivity contribution in [1.82, 2.24) is 0 Å². The molecule has 33 heavy (non-hydrogen) atoms. The van der Waals surface area contributed by atoms with Crippen LogP contribution in [0.4, 0.5) is 17.1 Å². The smallest absolute Gasteiger partial charge is 0.269 e. The van der Waals surface area contributed by atoms with E-state index in [1.165, 1.54) is 12.1 Å². The Morgan fingerprint density at radius 3 is 2.27 bits per heavy atom. The van der Waals surface area contributed by atoms with Gasteiger partial charge in [0.25, 0.3) is 11.6 Å². The predicted octanol–water partition coefficient (Wildman–Crippen LogP) is 5.52. The van der Waals surface area contributed by atoms with Crippen LogP contribution in [0, 0.1) is 10.1 Å². The summed E-state index contributed by atoms with van der Waals surface area (Å²) in [6.07, 6.45) is 0.927. The summed E-state index contributed by atoms with van der Waals surface area (Å²) in [6, 6.07) is 22.2. The van der Waals surface area contributed by atoms with Crippen LogP contribution in [-0.2, 0) is 4.79 Å². The SMILES string of the molecule is CCC(=O)N1c2ccccc2[C@H](N(C(=O)c2ccccc2)c2ccc([N+](=O)[O-])cc2)C[C@H]1C. The summed E-state index contributed by atoms with van der Waals surface area (Å²) >= 11 is 0. The van der Waals surface area contributed by atoms with E-state index in [1.807, 2.05) is 49.1 Å². The largest absolute Gasteiger partial charge is 0.309 e. The van der Waals surface area contributed by atoms with Crippen LogP contribution in [0.25, 0.3) is 0 Å². The van der Waals surface area contributed by atoms with Crippen molar-refractivity contribution in [2.24, 2.45) is 0 Å². The Labute approximate surface area is 192 Å². The van der Waals surface area contributed by atoms with Gasteiger partial charge in [0.05, 0.1) is 11.0 Å². The lowest BCUT2D eigenvalue weighted by Gasteiger charge is -2.43. The van der Waals surface area contributed by atoms with Gasteiger partial charge in [-0.25, -0.2) is 0 Å². The van der Waals surface area contributed by atoms with Gasteiger partial charge in [-0.15, -0.1) is 0 Å². The van der Waals surface area contributed by atoms with E-state index in [-0.39, 0.29) is 29.6 Å². The molecule has 0 unspecified atom stereocenters. The monoisotopic (exact) mass is 443 g/mol. The molecule has 0 saturated heterocycles. The first-order chi connectivity index (χ1) is 15.9. The molecule has 1 aliphatic heterocycles. The zero-order valence-corrected chi connectivity index (χ0v) is 18.5. The van der Waals surface area contributed by atoms with Crippen molar-refractivity contribution in [3.05, 3.63) is 100 Å². The van der Waals surface area contributed by atoms with Crippen LogP contribution < -0.4 is 9.80 Å². The Bertz CT molecular complexity index is 1180. The van der Waals surface area contributed by atoms with E-state index in [9.17, 15) is 19.7 Å². The summed E-state index contributed by atoms with van der Waals surface area (Å²) in [4.78, 5) is 40.7. The minimum Gasteiger partial charge on any atom is -0.309 e. The number of para-hydroxylation sites is 1. The molecule has 3 aromatic carbocycles. The second-order valence-electron chi connectivity index (χ2n) is 8.09. The lowest BCUT2D eigenvalue weighted by atomic mass is 9.89. The summed E-state index contributed by atoms with van der Waals surface area (Å²) < 4.78 is 0. The van der Waals surface area contributed by atoms with Crippen LogP contribution in [0.1, 0.15) is 48.7 Å². The number of benzene rings is 3. The number of nitrogens with zero attached hydrogens (tertiary/aromatic N) is 3. The second kappa shape index (κ2) is 9.24. The van der Waals surface area contributed by atoms with Crippen LogP contribution >= 0.6 is 0 Å². The Hall–Kier alpha value is -4.00. The lowest BCUT2D eigenvalue weighted by molar-refractivity contribution is -0.384. The molecule has 1 aliphatic rings. The molecular formula is C26H25N3O4. The fourth-order valence-electron chi connectivity index (χ4n) is 4.47. The molecule has 0 aromatic heterocycles. The number of hydrogen-bond donors (Lipinski definition) is 0. The minimum atomic E-state index is -0.459. The van der Waals surface area contributed by atoms with Crippen molar-refractivity contribution in [2.75, 3.05) is 9.80 Å². The summed E-state index contributed by atoms with van der Waals surface area (Å²) in [6.45, 7) is 3.82. The standard InChI is InChI=1S/C26H25N3O4/c1-3-25(30)27-18(2)17-24(22-11-7-8-12-23(22)27)28(26(31)19-9-5-4-6-10-19)20-13-15-21(16-14-20)29(32)33/h4-16,18,24H,3,17H2,1-2H3/t18-,24-/m1/s1. The van der Waals surface area contributed by atoms with Crippen LogP contribution in [0.2, 0.25) is 0 Å². The molecule has 0 saturated carbocycles. The molecule has 4 rings (SSSR count). The molecule has 1 heterocycles. The summed E-state index contributed by atoms with van der Waals surface area (Å²) in [5, 5.41) is 11.2. The molecule has 0 bridgehead atoms. The molecule has 3 aromatic rings. The van der Waals surface area contributed by atoms with E-state index in [4.69, 9.17) is 0 Å². The molecule has 168 valence electrons. The maximum atomic E-state index is 13.8. The Morgan fingerprint density at radius 1 is 1.00 bits per heavy atom. The average molecular weight is 444 g/mol. The fraction of sp³-hybridized carbons (Fsp3) is 0.231. The minimum absolute atomic E-state index is 0.0321. The normalized spacial score (nSPS) is 17.2. The molecule has 0 N–H and O–H groups in total. The highest BCUT2D eigenvalue weighted by Crippen LogP contribution is 2.43. The van der Waals surface area contributed by atoms with Crippen LogP contribution in [0.5, 0.6) is 0 Å². The number of amides is 2. The number of hydrogen-bond acceptors (Lipinski definition) is 4. The highest BCUT2D eigenvalue weighted by Gasteiger charge is 2.38. The van der Waals surface area contributed by atoms with E-state index < -0.39 is 4.92 Å². The third kappa shape index (κ3) is 4.22. The van der Waals surface area contributed by atoms with Gasteiger partial charge in [-0.3, -0.25) is 19.7 Å². The maximum Gasteiger partial charge on any atom is 0.269 e. The molecule has 0 fully saturated rings. The van der Waals surface area contributed by atoms with Crippen molar-refractivity contribution >= 4 is 28.9 Å². The maximum absolute atomic E-state index is 13.8. The molecule has 7 nitrogen and oxygen atoms in total. The fourth-order valence-corrected chi connectivity index (χ4v) is 4.47. The highest BCUT2D eigenvalue weighted by atomic mass is 16.6. The number of anilines is 2. The van der Waals surface area contributed by atoms with E-state index in [2.05, 4.69) is 0 Å². The molecule has 0 radical (unpaired) electrons. The van der Waals surface area contributed by atoms with Crippen LogP contribution in [0.3, 0.4) is 0 Å². The molecular weight excluding hydrogens is 418 g/mol. The van der Waals surface area contributed by atoms with Gasteiger partial charge >= 0.3 is 0 Å². The summed E-state index contributed by atoms with van der Waals surface area (Å²) in [5.74, 6) is -0.170. The van der Waals surface area contributed by atoms with Gasteiger partial charge in [0.2, 0.25) is 5.91 Å². The number of non-ortho nitro benzene ring substituents is 1. The Morgan fingerprint density at radius 2 is 1.64 bits per heavy atom. The summed E-state index contributed by atoms with van der Waals surface area (Å²) in [5.41, 5.74) is 2.72. The number of fused-ring (bicyclic) bond motifs is 1. The van der Waals surface area contributed by atoms with Gasteiger partial charge in [-0.1, -0.05) is 43.3 Å². The first-order valence-electron chi connectivity index (χ1n) is 11.0. The van der Waals surface area contributed by atoms with Gasteiger partial charge < -0.3 is 9.80 Å². The van der Waals surface area contributed by atoms with Crippen molar-refractivity contribution in [3.8, 4) is 0 Å².